The minimum Gasteiger partial charge on any atom is -0.478 e. The van der Waals surface area contributed by atoms with Gasteiger partial charge in [0.1, 0.15) is 11.6 Å². The highest BCUT2D eigenvalue weighted by molar-refractivity contribution is 6.10. The van der Waals surface area contributed by atoms with Crippen LogP contribution in [0.2, 0.25) is 0 Å². The first-order valence-corrected chi connectivity index (χ1v) is 9.75. The third-order valence-corrected chi connectivity index (χ3v) is 5.32. The van der Waals surface area contributed by atoms with Crippen LogP contribution in [0.1, 0.15) is 38.4 Å². The minimum atomic E-state index is -1.09. The Morgan fingerprint density at radius 1 is 1.06 bits per heavy atom. The molecule has 0 saturated carbocycles. The lowest BCUT2D eigenvalue weighted by molar-refractivity contribution is -0.112. The molecule has 31 heavy (non-hydrogen) atoms. The molecule has 0 aliphatic rings. The Kier molecular flexibility index (Phi) is 6.07. The number of nitriles is 1. The van der Waals surface area contributed by atoms with E-state index in [-0.39, 0.29) is 11.1 Å². The molecule has 0 bridgehead atoms. The summed E-state index contributed by atoms with van der Waals surface area (Å²) in [4.78, 5) is 23.8. The zero-order chi connectivity index (χ0) is 22.7. The summed E-state index contributed by atoms with van der Waals surface area (Å²) in [5, 5.41) is 21.3. The Morgan fingerprint density at radius 3 is 2.45 bits per heavy atom. The highest BCUT2D eigenvalue weighted by Crippen LogP contribution is 2.26. The number of hydrogen-bond acceptors (Lipinski definition) is 3. The molecule has 0 fully saturated rings. The van der Waals surface area contributed by atoms with Gasteiger partial charge in [0.25, 0.3) is 5.91 Å². The van der Waals surface area contributed by atoms with Crippen LogP contribution in [0.25, 0.3) is 11.8 Å². The third kappa shape index (κ3) is 4.41. The quantitative estimate of drug-likeness (QED) is 0.457. The number of carbonyl (C=O) groups excluding carboxylic acids is 1. The number of benzene rings is 2. The van der Waals surface area contributed by atoms with Crippen LogP contribution in [0.3, 0.4) is 0 Å². The lowest BCUT2D eigenvalue weighted by Gasteiger charge is -2.14. The van der Waals surface area contributed by atoms with E-state index in [0.717, 1.165) is 28.2 Å². The Labute approximate surface area is 181 Å². The molecule has 1 aromatic heterocycles. The summed E-state index contributed by atoms with van der Waals surface area (Å²) in [6.07, 6.45) is 1.56. The molecule has 2 N–H and O–H groups in total. The maximum absolute atomic E-state index is 12.6. The summed E-state index contributed by atoms with van der Waals surface area (Å²) in [7, 11) is 0. The summed E-state index contributed by atoms with van der Waals surface area (Å²) in [6.45, 7) is 8.06. The van der Waals surface area contributed by atoms with Gasteiger partial charge in [-0.15, -0.1) is 0 Å². The van der Waals surface area contributed by atoms with E-state index in [1.807, 2.05) is 38.1 Å². The Hall–Kier alpha value is -4.11. The molecule has 0 atom stereocenters. The molecule has 0 unspecified atom stereocenters. The fourth-order valence-electron chi connectivity index (χ4n) is 3.51. The van der Waals surface area contributed by atoms with E-state index in [1.165, 1.54) is 23.8 Å². The van der Waals surface area contributed by atoms with Crippen molar-refractivity contribution >= 4 is 23.6 Å². The first-order chi connectivity index (χ1) is 14.7. The Balaban J connectivity index is 1.95. The van der Waals surface area contributed by atoms with Crippen molar-refractivity contribution in [2.45, 2.75) is 27.7 Å². The van der Waals surface area contributed by atoms with Gasteiger partial charge in [0, 0.05) is 22.8 Å². The molecule has 0 saturated heterocycles. The molecule has 0 aliphatic carbocycles. The first kappa shape index (κ1) is 21.6. The van der Waals surface area contributed by atoms with Gasteiger partial charge in [-0.2, -0.15) is 5.26 Å². The molecule has 1 amide bonds. The van der Waals surface area contributed by atoms with Crippen LogP contribution >= 0.6 is 0 Å². The number of aryl methyl sites for hydroxylation is 2. The van der Waals surface area contributed by atoms with Crippen molar-refractivity contribution in [2.75, 3.05) is 5.32 Å². The molecule has 6 heteroatoms. The number of nitrogens with one attached hydrogen (secondary N) is 1. The summed E-state index contributed by atoms with van der Waals surface area (Å²) in [5.41, 5.74) is 6.38. The second kappa shape index (κ2) is 8.72. The zero-order valence-corrected chi connectivity index (χ0v) is 17.9. The van der Waals surface area contributed by atoms with Crippen LogP contribution in [0, 0.1) is 39.0 Å². The van der Waals surface area contributed by atoms with Crippen molar-refractivity contribution in [3.05, 3.63) is 87.7 Å². The van der Waals surface area contributed by atoms with Gasteiger partial charge in [-0.05, 0) is 80.8 Å². The van der Waals surface area contributed by atoms with Crippen LogP contribution < -0.4 is 5.32 Å². The summed E-state index contributed by atoms with van der Waals surface area (Å²) in [6, 6.07) is 15.9. The molecule has 0 radical (unpaired) electrons. The van der Waals surface area contributed by atoms with Gasteiger partial charge in [0.05, 0.1) is 5.56 Å². The highest BCUT2D eigenvalue weighted by Gasteiger charge is 2.16. The van der Waals surface area contributed by atoms with Gasteiger partial charge in [-0.1, -0.05) is 18.2 Å². The number of carbonyl (C=O) groups is 2. The van der Waals surface area contributed by atoms with Gasteiger partial charge in [0.15, 0.2) is 0 Å². The summed E-state index contributed by atoms with van der Waals surface area (Å²) in [5.74, 6) is -1.69. The van der Waals surface area contributed by atoms with Crippen molar-refractivity contribution in [3.63, 3.8) is 0 Å². The largest absolute Gasteiger partial charge is 0.478 e. The van der Waals surface area contributed by atoms with Gasteiger partial charge in [-0.25, -0.2) is 4.79 Å². The highest BCUT2D eigenvalue weighted by atomic mass is 16.4. The molecule has 3 aromatic rings. The monoisotopic (exact) mass is 413 g/mol. The fourth-order valence-corrected chi connectivity index (χ4v) is 3.51. The van der Waals surface area contributed by atoms with E-state index in [1.54, 1.807) is 12.1 Å². The van der Waals surface area contributed by atoms with Crippen LogP contribution in [-0.4, -0.2) is 21.6 Å². The average molecular weight is 413 g/mol. The predicted octanol–water partition coefficient (Wildman–Crippen LogP) is 4.95. The maximum Gasteiger partial charge on any atom is 0.335 e. The van der Waals surface area contributed by atoms with E-state index >= 15 is 0 Å². The molecule has 0 aliphatic heterocycles. The van der Waals surface area contributed by atoms with E-state index in [0.29, 0.717) is 5.69 Å². The van der Waals surface area contributed by atoms with Crippen molar-refractivity contribution < 1.29 is 14.7 Å². The topological polar surface area (TPSA) is 95.1 Å². The standard InChI is InChI=1S/C25H23N3O3/c1-15-7-5-10-23(17(15)3)28-16(2)11-20(18(28)4)12-21(14-26)24(29)27-22-9-6-8-19(13-22)25(30)31/h5-13H,1-4H3,(H,27,29)(H,30,31)/b21-12-. The number of anilines is 1. The molecule has 3 rings (SSSR count). The zero-order valence-electron chi connectivity index (χ0n) is 17.9. The minimum absolute atomic E-state index is 0.0531. The average Bonchev–Trinajstić information content (AvgIpc) is 3.01. The molecule has 6 nitrogen and oxygen atoms in total. The van der Waals surface area contributed by atoms with E-state index in [9.17, 15) is 14.9 Å². The number of amides is 1. The van der Waals surface area contributed by atoms with E-state index < -0.39 is 11.9 Å². The number of aromatic nitrogens is 1. The number of nitrogens with zero attached hydrogens (tertiary/aromatic N) is 2. The van der Waals surface area contributed by atoms with Crippen LogP contribution in [-0.2, 0) is 4.79 Å². The van der Waals surface area contributed by atoms with Crippen LogP contribution in [0.4, 0.5) is 5.69 Å². The number of carboxylic acid groups (broad SMARTS) is 1. The Morgan fingerprint density at radius 2 is 1.77 bits per heavy atom. The van der Waals surface area contributed by atoms with Gasteiger partial charge in [-0.3, -0.25) is 4.79 Å². The lowest BCUT2D eigenvalue weighted by atomic mass is 10.1. The molecular formula is C25H23N3O3. The number of rotatable bonds is 5. The normalized spacial score (nSPS) is 11.1. The van der Waals surface area contributed by atoms with Crippen molar-refractivity contribution in [2.24, 2.45) is 0 Å². The van der Waals surface area contributed by atoms with Gasteiger partial charge < -0.3 is 15.0 Å². The predicted molar refractivity (Wildman–Crippen MR) is 120 cm³/mol. The first-order valence-electron chi connectivity index (χ1n) is 9.75. The third-order valence-electron chi connectivity index (χ3n) is 5.32. The molecular weight excluding hydrogens is 390 g/mol. The second-order valence-electron chi connectivity index (χ2n) is 7.39. The van der Waals surface area contributed by atoms with Crippen LogP contribution in [0.15, 0.2) is 54.1 Å². The van der Waals surface area contributed by atoms with Gasteiger partial charge in [0.2, 0.25) is 0 Å². The molecule has 1 heterocycles. The van der Waals surface area contributed by atoms with Crippen molar-refractivity contribution in [1.29, 1.82) is 5.26 Å². The second-order valence-corrected chi connectivity index (χ2v) is 7.39. The van der Waals surface area contributed by atoms with Crippen molar-refractivity contribution in [3.8, 4) is 11.8 Å². The lowest BCUT2D eigenvalue weighted by Crippen LogP contribution is -2.14. The van der Waals surface area contributed by atoms with Gasteiger partial charge >= 0.3 is 5.97 Å². The van der Waals surface area contributed by atoms with E-state index in [4.69, 9.17) is 5.11 Å². The maximum atomic E-state index is 12.6. The fraction of sp³-hybridized carbons (Fsp3) is 0.160. The van der Waals surface area contributed by atoms with Crippen LogP contribution in [0.5, 0.6) is 0 Å². The molecule has 2 aromatic carbocycles. The SMILES string of the molecule is Cc1cccc(-n2c(C)cc(/C=C(/C#N)C(=O)Nc3cccc(C(=O)O)c3)c2C)c1C. The summed E-state index contributed by atoms with van der Waals surface area (Å²) >= 11 is 0. The summed E-state index contributed by atoms with van der Waals surface area (Å²) < 4.78 is 2.11. The molecule has 156 valence electrons. The van der Waals surface area contributed by atoms with E-state index in [2.05, 4.69) is 29.8 Å². The number of aromatic carboxylic acids is 1. The number of hydrogen-bond donors (Lipinski definition) is 2. The number of carboxylic acids is 1. The van der Waals surface area contributed by atoms with Crippen molar-refractivity contribution in [1.82, 2.24) is 4.57 Å². The smallest absolute Gasteiger partial charge is 0.335 e. The molecule has 0 spiro atoms. The Bertz CT molecular complexity index is 1260.